The maximum atomic E-state index is 9.40. The predicted molar refractivity (Wildman–Crippen MR) is 48.4 cm³/mol. The molecule has 0 aliphatic heterocycles. The van der Waals surface area contributed by atoms with Gasteiger partial charge in [-0.15, -0.1) is 0 Å². The lowest BCUT2D eigenvalue weighted by atomic mass is 10.3. The topological polar surface area (TPSA) is 84.9 Å². The van der Waals surface area contributed by atoms with Gasteiger partial charge in [-0.05, 0) is 0 Å². The van der Waals surface area contributed by atoms with Crippen LogP contribution in [0.4, 0.5) is 5.82 Å². The molecule has 5 nitrogen and oxygen atoms in total. The van der Waals surface area contributed by atoms with Crippen molar-refractivity contribution in [3.63, 3.8) is 0 Å². The minimum Gasteiger partial charge on any atom is -0.505 e. The number of anilines is 1. The molecule has 0 aliphatic carbocycles. The summed E-state index contributed by atoms with van der Waals surface area (Å²) in [5.74, 6) is 0.115. The average Bonchev–Trinajstić information content (AvgIpc) is 2.12. The molecule has 66 valence electrons. The van der Waals surface area contributed by atoms with Crippen LogP contribution < -0.4 is 5.73 Å². The summed E-state index contributed by atoms with van der Waals surface area (Å²) in [6, 6.07) is 0. The molecule has 0 radical (unpaired) electrons. The first-order chi connectivity index (χ1) is 6.20. The lowest BCUT2D eigenvalue weighted by Crippen LogP contribution is -1.94. The van der Waals surface area contributed by atoms with Gasteiger partial charge in [0.1, 0.15) is 23.4 Å². The van der Waals surface area contributed by atoms with E-state index in [9.17, 15) is 5.11 Å². The molecule has 3 N–H and O–H groups in total. The molecule has 0 aliphatic rings. The van der Waals surface area contributed by atoms with Gasteiger partial charge in [-0.3, -0.25) is 0 Å². The summed E-state index contributed by atoms with van der Waals surface area (Å²) in [5.41, 5.74) is 5.88. The van der Waals surface area contributed by atoms with Gasteiger partial charge in [-0.25, -0.2) is 15.0 Å². The number of hydrogen-bond donors (Lipinski definition) is 2. The fraction of sp³-hybridized carbons (Fsp3) is 0. The standard InChI is InChI=1S/C7H5ClN4O/c8-6-5-4(3(13)1-10-6)7(9)12-2-11-5/h1-2,13H,(H2,9,11,12). The van der Waals surface area contributed by atoms with Gasteiger partial charge in [0.2, 0.25) is 0 Å². The van der Waals surface area contributed by atoms with Gasteiger partial charge in [0.25, 0.3) is 0 Å². The number of nitrogens with zero attached hydrogens (tertiary/aromatic N) is 3. The fourth-order valence-corrected chi connectivity index (χ4v) is 1.24. The number of fused-ring (bicyclic) bond motifs is 1. The van der Waals surface area contributed by atoms with Gasteiger partial charge in [0, 0.05) is 0 Å². The predicted octanol–water partition coefficient (Wildman–Crippen LogP) is 0.966. The van der Waals surface area contributed by atoms with Crippen molar-refractivity contribution in [2.24, 2.45) is 0 Å². The molecule has 0 unspecified atom stereocenters. The van der Waals surface area contributed by atoms with E-state index in [0.717, 1.165) is 0 Å². The molecule has 0 fully saturated rings. The number of hydrogen-bond acceptors (Lipinski definition) is 5. The molecule has 0 amide bonds. The zero-order chi connectivity index (χ0) is 9.42. The van der Waals surface area contributed by atoms with E-state index in [1.165, 1.54) is 12.5 Å². The zero-order valence-corrected chi connectivity index (χ0v) is 7.15. The molecule has 2 aromatic rings. The van der Waals surface area contributed by atoms with E-state index < -0.39 is 0 Å². The Balaban J connectivity index is 3.00. The Bertz CT molecular complexity index is 465. The molecule has 6 heteroatoms. The van der Waals surface area contributed by atoms with Crippen LogP contribution in [0.5, 0.6) is 5.75 Å². The van der Waals surface area contributed by atoms with Crippen molar-refractivity contribution in [3.8, 4) is 5.75 Å². The van der Waals surface area contributed by atoms with Crippen LogP contribution in [0, 0.1) is 0 Å². The van der Waals surface area contributed by atoms with E-state index in [1.54, 1.807) is 0 Å². The summed E-state index contributed by atoms with van der Waals surface area (Å²) in [7, 11) is 0. The van der Waals surface area contributed by atoms with Crippen LogP contribution in [-0.4, -0.2) is 20.1 Å². The molecule has 0 atom stereocenters. The second kappa shape index (κ2) is 2.70. The molecular weight excluding hydrogens is 192 g/mol. The van der Waals surface area contributed by atoms with Crippen LogP contribution >= 0.6 is 11.6 Å². The van der Waals surface area contributed by atoms with Crippen molar-refractivity contribution in [2.45, 2.75) is 0 Å². The van der Waals surface area contributed by atoms with Crippen molar-refractivity contribution < 1.29 is 5.11 Å². The van der Waals surface area contributed by atoms with Gasteiger partial charge >= 0.3 is 0 Å². The Labute approximate surface area is 78.2 Å². The van der Waals surface area contributed by atoms with Crippen molar-refractivity contribution >= 4 is 28.3 Å². The smallest absolute Gasteiger partial charge is 0.155 e. The summed E-state index contributed by atoms with van der Waals surface area (Å²) in [6.07, 6.45) is 2.48. The molecule has 0 saturated carbocycles. The first-order valence-corrected chi connectivity index (χ1v) is 3.81. The highest BCUT2D eigenvalue weighted by atomic mass is 35.5. The van der Waals surface area contributed by atoms with E-state index in [-0.39, 0.29) is 16.7 Å². The van der Waals surface area contributed by atoms with E-state index in [1.807, 2.05) is 0 Å². The van der Waals surface area contributed by atoms with Crippen molar-refractivity contribution in [1.29, 1.82) is 0 Å². The number of halogens is 1. The second-order valence-corrected chi connectivity index (χ2v) is 2.77. The largest absolute Gasteiger partial charge is 0.505 e. The zero-order valence-electron chi connectivity index (χ0n) is 6.40. The molecule has 13 heavy (non-hydrogen) atoms. The molecule has 0 saturated heterocycles. The third-order valence-electron chi connectivity index (χ3n) is 1.63. The molecule has 0 spiro atoms. The molecule has 2 heterocycles. The number of nitrogen functional groups attached to an aromatic ring is 1. The third-order valence-corrected chi connectivity index (χ3v) is 1.90. The van der Waals surface area contributed by atoms with Crippen LogP contribution in [-0.2, 0) is 0 Å². The van der Waals surface area contributed by atoms with Crippen LogP contribution in [0.2, 0.25) is 5.15 Å². The Morgan fingerprint density at radius 3 is 2.77 bits per heavy atom. The molecular formula is C7H5ClN4O. The highest BCUT2D eigenvalue weighted by Crippen LogP contribution is 2.29. The minimum absolute atomic E-state index is 0.0718. The van der Waals surface area contributed by atoms with Gasteiger partial charge in [0.15, 0.2) is 5.15 Å². The van der Waals surface area contributed by atoms with Gasteiger partial charge < -0.3 is 10.8 Å². The maximum absolute atomic E-state index is 9.40. The SMILES string of the molecule is Nc1ncnc2c(Cl)ncc(O)c12. The lowest BCUT2D eigenvalue weighted by Gasteiger charge is -2.02. The number of pyridine rings is 1. The van der Waals surface area contributed by atoms with Crippen LogP contribution in [0.3, 0.4) is 0 Å². The Morgan fingerprint density at radius 2 is 2.08 bits per heavy atom. The monoisotopic (exact) mass is 196 g/mol. The Hall–Kier alpha value is -1.62. The number of rotatable bonds is 0. The van der Waals surface area contributed by atoms with Crippen LogP contribution in [0.15, 0.2) is 12.5 Å². The second-order valence-electron chi connectivity index (χ2n) is 2.42. The third kappa shape index (κ3) is 1.13. The highest BCUT2D eigenvalue weighted by molar-refractivity contribution is 6.34. The number of aromatic hydroxyl groups is 1. The molecule has 0 aromatic carbocycles. The Morgan fingerprint density at radius 1 is 1.31 bits per heavy atom. The Kier molecular flexibility index (Phi) is 1.66. The van der Waals surface area contributed by atoms with E-state index in [4.69, 9.17) is 17.3 Å². The fourth-order valence-electron chi connectivity index (χ4n) is 1.05. The first-order valence-electron chi connectivity index (χ1n) is 3.44. The quantitative estimate of drug-likeness (QED) is 0.614. The van der Waals surface area contributed by atoms with Crippen molar-refractivity contribution in [2.75, 3.05) is 5.73 Å². The summed E-state index contributed by atoms with van der Waals surface area (Å²) in [4.78, 5) is 11.3. The van der Waals surface area contributed by atoms with E-state index in [2.05, 4.69) is 15.0 Å². The van der Waals surface area contributed by atoms with E-state index in [0.29, 0.717) is 10.9 Å². The summed E-state index contributed by atoms with van der Waals surface area (Å²) in [6.45, 7) is 0. The van der Waals surface area contributed by atoms with Crippen molar-refractivity contribution in [1.82, 2.24) is 15.0 Å². The maximum Gasteiger partial charge on any atom is 0.155 e. The number of nitrogens with two attached hydrogens (primary N) is 1. The summed E-state index contributed by atoms with van der Waals surface area (Å²) >= 11 is 5.73. The molecule has 2 aromatic heterocycles. The average molecular weight is 197 g/mol. The van der Waals surface area contributed by atoms with Crippen LogP contribution in [0.1, 0.15) is 0 Å². The summed E-state index contributed by atoms with van der Waals surface area (Å²) in [5, 5.41) is 9.93. The molecule has 0 bridgehead atoms. The highest BCUT2D eigenvalue weighted by Gasteiger charge is 2.09. The van der Waals surface area contributed by atoms with E-state index >= 15 is 0 Å². The van der Waals surface area contributed by atoms with Gasteiger partial charge in [-0.2, -0.15) is 0 Å². The van der Waals surface area contributed by atoms with Crippen LogP contribution in [0.25, 0.3) is 10.9 Å². The van der Waals surface area contributed by atoms with Gasteiger partial charge in [0.05, 0.1) is 11.6 Å². The normalized spacial score (nSPS) is 10.5. The lowest BCUT2D eigenvalue weighted by molar-refractivity contribution is 0.479. The van der Waals surface area contributed by atoms with Crippen molar-refractivity contribution in [3.05, 3.63) is 17.7 Å². The molecule has 2 rings (SSSR count). The first kappa shape index (κ1) is 8.00. The van der Waals surface area contributed by atoms with Gasteiger partial charge in [-0.1, -0.05) is 11.6 Å². The minimum atomic E-state index is -0.0718. The number of aromatic nitrogens is 3. The summed E-state index contributed by atoms with van der Waals surface area (Å²) < 4.78 is 0.